The monoisotopic (exact) mass is 524 g/mol. The molecule has 0 heterocycles. The van der Waals surface area contributed by atoms with Crippen molar-refractivity contribution in [3.8, 4) is 11.8 Å². The quantitative estimate of drug-likeness (QED) is 0.326. The summed E-state index contributed by atoms with van der Waals surface area (Å²) >= 11 is 5.60. The Hall–Kier alpha value is -1.85. The number of amides is 1. The van der Waals surface area contributed by atoms with Gasteiger partial charge in [-0.05, 0) is 77.9 Å². The van der Waals surface area contributed by atoms with Crippen LogP contribution in [0.5, 0.6) is 5.75 Å². The normalized spacial score (nSPS) is 11.2. The van der Waals surface area contributed by atoms with Crippen molar-refractivity contribution in [1.82, 2.24) is 5.32 Å². The summed E-state index contributed by atoms with van der Waals surface area (Å²) in [5.74, 6) is 0.392. The fraction of sp³-hybridized carbons (Fsp3) is 0.200. The van der Waals surface area contributed by atoms with E-state index < -0.39 is 0 Å². The first-order chi connectivity index (χ1) is 12.4. The number of ether oxygens (including phenoxy) is 1. The Morgan fingerprint density at radius 3 is 2.58 bits per heavy atom. The van der Waals surface area contributed by atoms with Crippen LogP contribution < -0.4 is 10.1 Å². The summed E-state index contributed by atoms with van der Waals surface area (Å²) in [5.41, 5.74) is 1.93. The highest BCUT2D eigenvalue weighted by Crippen LogP contribution is 2.24. The third-order valence-electron chi connectivity index (χ3n) is 3.36. The molecular weight excluding hydrogens is 507 g/mol. The van der Waals surface area contributed by atoms with Crippen LogP contribution in [-0.4, -0.2) is 11.9 Å². The van der Waals surface area contributed by atoms with Crippen molar-refractivity contribution in [2.75, 3.05) is 0 Å². The van der Waals surface area contributed by atoms with E-state index in [-0.39, 0.29) is 17.5 Å². The van der Waals surface area contributed by atoms with Crippen LogP contribution in [0, 0.1) is 14.9 Å². The molecule has 1 N–H and O–H groups in total. The fourth-order valence-corrected chi connectivity index (χ4v) is 3.08. The summed E-state index contributed by atoms with van der Waals surface area (Å²) in [4.78, 5) is 12.0. The molecular formula is C20H18BrIN2O2. The van der Waals surface area contributed by atoms with Gasteiger partial charge in [0.15, 0.2) is 0 Å². The molecule has 0 bridgehead atoms. The molecule has 0 aromatic heterocycles. The predicted molar refractivity (Wildman–Crippen MR) is 115 cm³/mol. The minimum Gasteiger partial charge on any atom is -0.488 e. The third-order valence-corrected chi connectivity index (χ3v) is 4.73. The van der Waals surface area contributed by atoms with Gasteiger partial charge in [0.2, 0.25) is 0 Å². The van der Waals surface area contributed by atoms with E-state index in [0.717, 1.165) is 24.9 Å². The lowest BCUT2D eigenvalue weighted by Crippen LogP contribution is -2.30. The van der Waals surface area contributed by atoms with Gasteiger partial charge in [-0.25, -0.2) is 0 Å². The van der Waals surface area contributed by atoms with Crippen molar-refractivity contribution in [1.29, 1.82) is 5.26 Å². The number of nitrogens with one attached hydrogen (secondary N) is 1. The summed E-state index contributed by atoms with van der Waals surface area (Å²) in [6.45, 7) is 4.18. The van der Waals surface area contributed by atoms with Crippen LogP contribution in [0.4, 0.5) is 0 Å². The second kappa shape index (κ2) is 9.74. The zero-order valence-corrected chi connectivity index (χ0v) is 18.2. The van der Waals surface area contributed by atoms with Gasteiger partial charge in [-0.3, -0.25) is 4.79 Å². The van der Waals surface area contributed by atoms with Crippen LogP contribution in [0.2, 0.25) is 0 Å². The van der Waals surface area contributed by atoms with Crippen molar-refractivity contribution in [3.05, 3.63) is 67.2 Å². The average molecular weight is 525 g/mol. The zero-order valence-electron chi connectivity index (χ0n) is 14.4. The highest BCUT2D eigenvalue weighted by Gasteiger charge is 2.11. The summed E-state index contributed by atoms with van der Waals surface area (Å²) in [5, 5.41) is 11.9. The number of benzene rings is 2. The fourth-order valence-electron chi connectivity index (χ4n) is 2.12. The standard InChI is InChI=1S/C20H18BrIN2O2/c1-13(2)24-20(25)16(11-23)9-15-5-8-19(18(22)10-15)26-12-14-3-6-17(21)7-4-14/h3-10,13H,12H2,1-2H3,(H,24,25). The van der Waals surface area contributed by atoms with E-state index in [9.17, 15) is 10.1 Å². The highest BCUT2D eigenvalue weighted by molar-refractivity contribution is 14.1. The number of carbonyl (C=O) groups is 1. The molecule has 0 aliphatic rings. The summed E-state index contributed by atoms with van der Waals surface area (Å²) in [7, 11) is 0. The third kappa shape index (κ3) is 6.15. The molecule has 0 fully saturated rings. The van der Waals surface area contributed by atoms with Gasteiger partial charge in [-0.2, -0.15) is 5.26 Å². The molecule has 134 valence electrons. The Morgan fingerprint density at radius 1 is 1.31 bits per heavy atom. The van der Waals surface area contributed by atoms with Crippen LogP contribution in [-0.2, 0) is 11.4 Å². The number of carbonyl (C=O) groups excluding carboxylic acids is 1. The van der Waals surface area contributed by atoms with Gasteiger partial charge < -0.3 is 10.1 Å². The molecule has 4 nitrogen and oxygen atoms in total. The van der Waals surface area contributed by atoms with Crippen LogP contribution >= 0.6 is 38.5 Å². The van der Waals surface area contributed by atoms with Gasteiger partial charge in [0, 0.05) is 10.5 Å². The molecule has 0 radical (unpaired) electrons. The molecule has 0 aliphatic heterocycles. The van der Waals surface area contributed by atoms with Gasteiger partial charge in [-0.15, -0.1) is 0 Å². The minimum atomic E-state index is -0.368. The molecule has 2 aromatic carbocycles. The number of nitrogens with zero attached hydrogens (tertiary/aromatic N) is 1. The van der Waals surface area contributed by atoms with E-state index in [1.54, 1.807) is 6.08 Å². The van der Waals surface area contributed by atoms with Crippen molar-refractivity contribution < 1.29 is 9.53 Å². The van der Waals surface area contributed by atoms with E-state index in [2.05, 4.69) is 43.8 Å². The highest BCUT2D eigenvalue weighted by atomic mass is 127. The van der Waals surface area contributed by atoms with Crippen LogP contribution in [0.3, 0.4) is 0 Å². The molecule has 0 spiro atoms. The molecule has 6 heteroatoms. The average Bonchev–Trinajstić information content (AvgIpc) is 2.59. The van der Waals surface area contributed by atoms with Crippen molar-refractivity contribution in [2.45, 2.75) is 26.5 Å². The van der Waals surface area contributed by atoms with E-state index in [1.165, 1.54) is 0 Å². The number of nitriles is 1. The van der Waals surface area contributed by atoms with E-state index in [4.69, 9.17) is 4.74 Å². The smallest absolute Gasteiger partial charge is 0.262 e. The molecule has 0 aliphatic carbocycles. The molecule has 2 aromatic rings. The Kier molecular flexibility index (Phi) is 7.66. The second-order valence-corrected chi connectivity index (χ2v) is 7.98. The topological polar surface area (TPSA) is 62.1 Å². The van der Waals surface area contributed by atoms with E-state index in [1.807, 2.05) is 62.4 Å². The number of hydrogen-bond donors (Lipinski definition) is 1. The maximum atomic E-state index is 12.0. The molecule has 26 heavy (non-hydrogen) atoms. The first-order valence-corrected chi connectivity index (χ1v) is 9.85. The van der Waals surface area contributed by atoms with Crippen LogP contribution in [0.15, 0.2) is 52.5 Å². The van der Waals surface area contributed by atoms with Crippen LogP contribution in [0.1, 0.15) is 25.0 Å². The van der Waals surface area contributed by atoms with Gasteiger partial charge in [-0.1, -0.05) is 34.1 Å². The Morgan fingerprint density at radius 2 is 2.00 bits per heavy atom. The van der Waals surface area contributed by atoms with Gasteiger partial charge in [0.25, 0.3) is 5.91 Å². The first-order valence-electron chi connectivity index (χ1n) is 7.98. The number of halogens is 2. The Balaban J connectivity index is 2.10. The Labute approximate surface area is 175 Å². The number of hydrogen-bond acceptors (Lipinski definition) is 3. The molecule has 0 saturated heterocycles. The molecule has 0 atom stereocenters. The van der Waals surface area contributed by atoms with E-state index in [0.29, 0.717) is 6.61 Å². The zero-order chi connectivity index (χ0) is 19.1. The summed E-state index contributed by atoms with van der Waals surface area (Å²) in [6, 6.07) is 15.5. The lowest BCUT2D eigenvalue weighted by Gasteiger charge is -2.10. The maximum Gasteiger partial charge on any atom is 0.262 e. The Bertz CT molecular complexity index is 855. The lowest BCUT2D eigenvalue weighted by molar-refractivity contribution is -0.117. The van der Waals surface area contributed by atoms with Crippen molar-refractivity contribution >= 4 is 50.5 Å². The van der Waals surface area contributed by atoms with Gasteiger partial charge in [0.05, 0.1) is 3.57 Å². The maximum absolute atomic E-state index is 12.0. The van der Waals surface area contributed by atoms with Gasteiger partial charge >= 0.3 is 0 Å². The first kappa shape index (κ1) is 20.5. The second-order valence-electron chi connectivity index (χ2n) is 5.90. The van der Waals surface area contributed by atoms with Gasteiger partial charge in [0.1, 0.15) is 24.0 Å². The minimum absolute atomic E-state index is 0.0197. The predicted octanol–water partition coefficient (Wildman–Crippen LogP) is 5.06. The number of rotatable bonds is 6. The largest absolute Gasteiger partial charge is 0.488 e. The SMILES string of the molecule is CC(C)NC(=O)C(C#N)=Cc1ccc(OCc2ccc(Br)cc2)c(I)c1. The molecule has 0 saturated carbocycles. The summed E-state index contributed by atoms with van der Waals surface area (Å²) < 4.78 is 7.80. The van der Waals surface area contributed by atoms with Crippen LogP contribution in [0.25, 0.3) is 6.08 Å². The summed E-state index contributed by atoms with van der Waals surface area (Å²) in [6.07, 6.45) is 1.58. The van der Waals surface area contributed by atoms with Crippen molar-refractivity contribution in [2.24, 2.45) is 0 Å². The van der Waals surface area contributed by atoms with E-state index >= 15 is 0 Å². The molecule has 1 amide bonds. The molecule has 0 unspecified atom stereocenters. The lowest BCUT2D eigenvalue weighted by atomic mass is 10.1. The van der Waals surface area contributed by atoms with Crippen molar-refractivity contribution in [3.63, 3.8) is 0 Å². The molecule has 2 rings (SSSR count).